The van der Waals surface area contributed by atoms with Crippen molar-refractivity contribution in [1.29, 1.82) is 0 Å². The van der Waals surface area contributed by atoms with E-state index in [1.807, 2.05) is 32.0 Å². The second-order valence-corrected chi connectivity index (χ2v) is 11.1. The van der Waals surface area contributed by atoms with Crippen LogP contribution in [-0.4, -0.2) is 80.3 Å². The topological polar surface area (TPSA) is 164 Å². The predicted octanol–water partition coefficient (Wildman–Crippen LogP) is 1.73. The number of nitrogens with one attached hydrogen (secondary N) is 4. The molecule has 0 spiro atoms. The Kier molecular flexibility index (Phi) is 12.8. The van der Waals surface area contributed by atoms with Crippen LogP contribution in [0.1, 0.15) is 56.0 Å². The quantitative estimate of drug-likeness (QED) is 0.267. The molecule has 2 aromatic carbocycles. The minimum Gasteiger partial charge on any atom is -0.493 e. The largest absolute Gasteiger partial charge is 0.493 e. The minimum atomic E-state index is -1.21. The summed E-state index contributed by atoms with van der Waals surface area (Å²) in [6, 6.07) is 9.52. The molecule has 0 saturated carbocycles. The highest BCUT2D eigenvalue weighted by Gasteiger charge is 2.30. The maximum Gasteiger partial charge on any atom is 0.255 e. The Morgan fingerprint density at radius 2 is 1.75 bits per heavy atom. The Morgan fingerprint density at radius 1 is 1.02 bits per heavy atom. The van der Waals surface area contributed by atoms with E-state index in [2.05, 4.69) is 21.3 Å². The molecule has 2 aromatic rings. The molecule has 12 heteroatoms. The van der Waals surface area contributed by atoms with E-state index < -0.39 is 47.9 Å². The molecule has 240 valence electrons. The van der Waals surface area contributed by atoms with Crippen molar-refractivity contribution in [2.45, 2.75) is 70.7 Å². The lowest BCUT2D eigenvalue weighted by Crippen LogP contribution is -2.56. The first-order valence-electron chi connectivity index (χ1n) is 14.8. The Bertz CT molecular complexity index is 1300. The third-order valence-corrected chi connectivity index (χ3v) is 7.44. The molecule has 0 fully saturated rings. The van der Waals surface area contributed by atoms with Crippen molar-refractivity contribution in [1.82, 2.24) is 21.3 Å². The number of hydrogen-bond donors (Lipinski definition) is 5. The van der Waals surface area contributed by atoms with Crippen LogP contribution in [-0.2, 0) is 20.8 Å². The molecule has 44 heavy (non-hydrogen) atoms. The van der Waals surface area contributed by atoms with Crippen LogP contribution in [0.4, 0.5) is 0 Å². The molecule has 0 bridgehead atoms. The van der Waals surface area contributed by atoms with Crippen LogP contribution in [0.5, 0.6) is 17.2 Å². The molecule has 0 aromatic heterocycles. The fourth-order valence-corrected chi connectivity index (χ4v) is 4.73. The highest BCUT2D eigenvalue weighted by Crippen LogP contribution is 2.28. The predicted molar refractivity (Wildman–Crippen MR) is 164 cm³/mol. The van der Waals surface area contributed by atoms with Crippen LogP contribution in [0.2, 0.25) is 0 Å². The summed E-state index contributed by atoms with van der Waals surface area (Å²) in [5.74, 6) is -0.614. The smallest absolute Gasteiger partial charge is 0.255 e. The van der Waals surface area contributed by atoms with Gasteiger partial charge in [0.2, 0.25) is 17.7 Å². The molecular formula is C32H44N4O8. The molecule has 0 unspecified atom stereocenters. The van der Waals surface area contributed by atoms with Crippen LogP contribution in [0, 0.1) is 5.92 Å². The number of benzene rings is 2. The molecular weight excluding hydrogens is 568 g/mol. The highest BCUT2D eigenvalue weighted by molar-refractivity contribution is 5.99. The number of carbonyl (C=O) groups is 4. The number of para-hydroxylation sites is 1. The van der Waals surface area contributed by atoms with E-state index in [4.69, 9.17) is 14.2 Å². The summed E-state index contributed by atoms with van der Waals surface area (Å²) in [5.41, 5.74) is 1.22. The van der Waals surface area contributed by atoms with E-state index in [0.29, 0.717) is 30.9 Å². The van der Waals surface area contributed by atoms with Crippen LogP contribution in [0.15, 0.2) is 42.5 Å². The summed E-state index contributed by atoms with van der Waals surface area (Å²) >= 11 is 0. The van der Waals surface area contributed by atoms with Gasteiger partial charge < -0.3 is 40.6 Å². The first-order valence-corrected chi connectivity index (χ1v) is 14.8. The first kappa shape index (κ1) is 34.2. The zero-order chi connectivity index (χ0) is 32.2. The van der Waals surface area contributed by atoms with Crippen LogP contribution >= 0.6 is 0 Å². The molecule has 1 heterocycles. The molecule has 0 radical (unpaired) electrons. The summed E-state index contributed by atoms with van der Waals surface area (Å²) in [7, 11) is 3.13. The maximum absolute atomic E-state index is 13.4. The van der Waals surface area contributed by atoms with Crippen LogP contribution < -0.4 is 35.5 Å². The molecule has 12 nitrogen and oxygen atoms in total. The van der Waals surface area contributed by atoms with Gasteiger partial charge in [0.05, 0.1) is 31.9 Å². The number of hydrogen-bond acceptors (Lipinski definition) is 8. The van der Waals surface area contributed by atoms with Gasteiger partial charge in [-0.2, -0.15) is 0 Å². The number of rotatable bonds is 9. The molecule has 4 atom stereocenters. The average molecular weight is 613 g/mol. The Hall–Kier alpha value is -4.32. The van der Waals surface area contributed by atoms with Gasteiger partial charge in [0, 0.05) is 13.0 Å². The highest BCUT2D eigenvalue weighted by atomic mass is 16.5. The standard InChI is InChI=1S/C32H44N4O8/c1-19(2)24-18-44-25-11-7-6-10-22(25)30(39)34-23(13-15-28(38)36-29(20(3)37)32(41)35-24)31(40)33-16-8-9-21-12-14-26(42-4)27(17-21)43-5/h6-7,10-12,14,17,19-20,23-24,29,37H,8-9,13,15-16,18H2,1-5H3,(H,33,40)(H,34,39)(H,35,41)(H,36,38)/t20-,23+,24-,29+/m1/s1. The lowest BCUT2D eigenvalue weighted by molar-refractivity contribution is -0.132. The van der Waals surface area contributed by atoms with E-state index in [9.17, 15) is 24.3 Å². The normalized spacial score (nSPS) is 20.4. The molecule has 3 rings (SSSR count). The molecule has 0 saturated heterocycles. The number of carbonyl (C=O) groups excluding carboxylic acids is 4. The fraction of sp³-hybridized carbons (Fsp3) is 0.500. The van der Waals surface area contributed by atoms with Crippen LogP contribution in [0.25, 0.3) is 0 Å². The SMILES string of the molecule is COc1ccc(CCCNC(=O)[C@@H]2CCC(=O)N[C@@H]([C@@H](C)O)C(=O)N[C@@H](C(C)C)COc3ccccc3C(=O)N2)cc1OC. The summed E-state index contributed by atoms with van der Waals surface area (Å²) in [6.07, 6.45) is -0.114. The van der Waals surface area contributed by atoms with E-state index in [-0.39, 0.29) is 36.7 Å². The van der Waals surface area contributed by atoms with Crippen molar-refractivity contribution >= 4 is 23.6 Å². The summed E-state index contributed by atoms with van der Waals surface area (Å²) in [6.45, 7) is 5.57. The third-order valence-electron chi connectivity index (χ3n) is 7.44. The summed E-state index contributed by atoms with van der Waals surface area (Å²) in [5, 5.41) is 21.3. The number of amides is 4. The Morgan fingerprint density at radius 3 is 2.43 bits per heavy atom. The summed E-state index contributed by atoms with van der Waals surface area (Å²) in [4.78, 5) is 52.6. The van der Waals surface area contributed by atoms with E-state index in [1.54, 1.807) is 38.5 Å². The van der Waals surface area contributed by atoms with Gasteiger partial charge in [-0.1, -0.05) is 32.0 Å². The Labute approximate surface area is 258 Å². The number of aliphatic hydroxyl groups excluding tert-OH is 1. The monoisotopic (exact) mass is 612 g/mol. The molecule has 0 aliphatic carbocycles. The van der Waals surface area contributed by atoms with Crippen molar-refractivity contribution in [2.24, 2.45) is 5.92 Å². The fourth-order valence-electron chi connectivity index (χ4n) is 4.73. The van der Waals surface area contributed by atoms with Gasteiger partial charge in [0.25, 0.3) is 5.91 Å². The van der Waals surface area contributed by atoms with E-state index in [0.717, 1.165) is 5.56 Å². The van der Waals surface area contributed by atoms with Crippen molar-refractivity contribution in [3.05, 3.63) is 53.6 Å². The molecule has 4 amide bonds. The van der Waals surface area contributed by atoms with Crippen molar-refractivity contribution in [2.75, 3.05) is 27.4 Å². The zero-order valence-electron chi connectivity index (χ0n) is 26.0. The minimum absolute atomic E-state index is 0.0368. The molecule has 5 N–H and O–H groups in total. The summed E-state index contributed by atoms with van der Waals surface area (Å²) < 4.78 is 16.6. The van der Waals surface area contributed by atoms with Crippen LogP contribution in [0.3, 0.4) is 0 Å². The van der Waals surface area contributed by atoms with Gasteiger partial charge in [0.1, 0.15) is 24.4 Å². The number of aryl methyl sites for hydroxylation is 1. The number of methoxy groups -OCH3 is 2. The third kappa shape index (κ3) is 9.60. The van der Waals surface area contributed by atoms with E-state index in [1.165, 1.54) is 6.92 Å². The van der Waals surface area contributed by atoms with Gasteiger partial charge in [0.15, 0.2) is 11.5 Å². The molecule has 1 aliphatic rings. The molecule has 1 aliphatic heterocycles. The van der Waals surface area contributed by atoms with Gasteiger partial charge in [-0.25, -0.2) is 0 Å². The maximum atomic E-state index is 13.4. The van der Waals surface area contributed by atoms with Gasteiger partial charge in [-0.3, -0.25) is 19.2 Å². The van der Waals surface area contributed by atoms with Crippen molar-refractivity contribution in [3.63, 3.8) is 0 Å². The van der Waals surface area contributed by atoms with Gasteiger partial charge in [-0.15, -0.1) is 0 Å². The zero-order valence-corrected chi connectivity index (χ0v) is 26.0. The number of ether oxygens (including phenoxy) is 3. The lowest BCUT2D eigenvalue weighted by Gasteiger charge is -2.27. The van der Waals surface area contributed by atoms with Gasteiger partial charge in [-0.05, 0) is 61.9 Å². The Balaban J connectivity index is 1.76. The van der Waals surface area contributed by atoms with Gasteiger partial charge >= 0.3 is 0 Å². The number of fused-ring (bicyclic) bond motifs is 1. The average Bonchev–Trinajstić information content (AvgIpc) is 3.01. The van der Waals surface area contributed by atoms with Crippen molar-refractivity contribution < 1.29 is 38.5 Å². The van der Waals surface area contributed by atoms with E-state index >= 15 is 0 Å². The first-order chi connectivity index (χ1) is 21.0. The lowest BCUT2D eigenvalue weighted by atomic mass is 10.0. The van der Waals surface area contributed by atoms with Crippen molar-refractivity contribution in [3.8, 4) is 17.2 Å². The number of aliphatic hydroxyl groups is 1. The second kappa shape index (κ2) is 16.5. The second-order valence-electron chi connectivity index (χ2n) is 11.1.